The Morgan fingerprint density at radius 1 is 0.903 bits per heavy atom. The first-order valence-corrected chi connectivity index (χ1v) is 12.7. The van der Waals surface area contributed by atoms with Crippen molar-refractivity contribution in [2.75, 3.05) is 0 Å². The third-order valence-electron chi connectivity index (χ3n) is 7.11. The van der Waals surface area contributed by atoms with Gasteiger partial charge in [-0.2, -0.15) is 18.4 Å². The van der Waals surface area contributed by atoms with Crippen LogP contribution in [-0.4, -0.2) is 24.8 Å². The lowest BCUT2D eigenvalue weighted by Crippen LogP contribution is -2.54. The van der Waals surface area contributed by atoms with Gasteiger partial charge in [-0.15, -0.1) is 0 Å². The summed E-state index contributed by atoms with van der Waals surface area (Å²) < 4.78 is 25.7. The molecule has 2 bridgehead atoms. The Morgan fingerprint density at radius 2 is 1.55 bits per heavy atom. The van der Waals surface area contributed by atoms with Crippen molar-refractivity contribution < 1.29 is 13.5 Å². The minimum atomic E-state index is -3.77. The van der Waals surface area contributed by atoms with Crippen molar-refractivity contribution in [3.05, 3.63) is 41.0 Å². The standard InChI is InChI=1S/C25H36N2O3S/c1-17-7-9-19(10-8-17)31(29,30)27-26-20-13-22(2,3)11-18-12-24(6)14-23(4,5)15-25(28,16-24)21(18)20/h7-10,27-28H,11-16H2,1-6H3/b26-20-/t24-,25-/m0/s1. The molecule has 0 saturated heterocycles. The topological polar surface area (TPSA) is 78.8 Å². The summed E-state index contributed by atoms with van der Waals surface area (Å²) in [7, 11) is -3.77. The van der Waals surface area contributed by atoms with E-state index in [1.165, 1.54) is 5.57 Å². The van der Waals surface area contributed by atoms with Gasteiger partial charge in [0.05, 0.1) is 16.2 Å². The number of hydrogen-bond acceptors (Lipinski definition) is 4. The van der Waals surface area contributed by atoms with Crippen LogP contribution in [-0.2, 0) is 10.0 Å². The zero-order chi connectivity index (χ0) is 22.9. The van der Waals surface area contributed by atoms with E-state index in [1.54, 1.807) is 24.3 Å². The molecule has 1 fully saturated rings. The molecule has 2 N–H and O–H groups in total. The van der Waals surface area contributed by atoms with Crippen LogP contribution in [0.1, 0.15) is 78.7 Å². The van der Waals surface area contributed by atoms with Crippen molar-refractivity contribution in [1.29, 1.82) is 0 Å². The van der Waals surface area contributed by atoms with Gasteiger partial charge in [-0.25, -0.2) is 0 Å². The monoisotopic (exact) mass is 444 g/mol. The SMILES string of the molecule is Cc1ccc(S(=O)(=O)N/N=C2/CC(C)(C)CC3=C2[C@]2(O)CC(C)(C)C[C@](C)(C3)C2)cc1. The van der Waals surface area contributed by atoms with E-state index < -0.39 is 15.6 Å². The van der Waals surface area contributed by atoms with E-state index >= 15 is 0 Å². The summed E-state index contributed by atoms with van der Waals surface area (Å²) in [6, 6.07) is 6.74. The molecule has 1 aromatic carbocycles. The van der Waals surface area contributed by atoms with E-state index in [0.717, 1.165) is 30.4 Å². The predicted octanol–water partition coefficient (Wildman–Crippen LogP) is 5.10. The summed E-state index contributed by atoms with van der Waals surface area (Å²) in [5.74, 6) is 0. The van der Waals surface area contributed by atoms with Crippen molar-refractivity contribution in [3.63, 3.8) is 0 Å². The van der Waals surface area contributed by atoms with Gasteiger partial charge in [0, 0.05) is 5.57 Å². The van der Waals surface area contributed by atoms with Crippen LogP contribution in [0.2, 0.25) is 0 Å². The van der Waals surface area contributed by atoms with Gasteiger partial charge in [-0.05, 0) is 73.8 Å². The number of rotatable bonds is 3. The van der Waals surface area contributed by atoms with Gasteiger partial charge >= 0.3 is 0 Å². The zero-order valence-electron chi connectivity index (χ0n) is 19.7. The smallest absolute Gasteiger partial charge is 0.276 e. The number of allylic oxidation sites excluding steroid dienone is 1. The Kier molecular flexibility index (Phi) is 5.03. The van der Waals surface area contributed by atoms with Gasteiger partial charge in [0.1, 0.15) is 0 Å². The number of nitrogens with zero attached hydrogens (tertiary/aromatic N) is 1. The van der Waals surface area contributed by atoms with Gasteiger partial charge in [0.25, 0.3) is 10.0 Å². The number of sulfonamides is 1. The third kappa shape index (κ3) is 4.34. The molecular weight excluding hydrogens is 408 g/mol. The summed E-state index contributed by atoms with van der Waals surface area (Å²) >= 11 is 0. The normalized spacial score (nSPS) is 33.2. The molecule has 3 aliphatic carbocycles. The van der Waals surface area contributed by atoms with Crippen LogP contribution < -0.4 is 4.83 Å². The van der Waals surface area contributed by atoms with Crippen LogP contribution in [0.5, 0.6) is 0 Å². The van der Waals surface area contributed by atoms with Crippen molar-refractivity contribution >= 4 is 15.7 Å². The fraction of sp³-hybridized carbons (Fsp3) is 0.640. The molecule has 5 nitrogen and oxygen atoms in total. The molecule has 170 valence electrons. The molecule has 0 spiro atoms. The number of fused-ring (bicyclic) bond motifs is 3. The van der Waals surface area contributed by atoms with Gasteiger partial charge in [-0.1, -0.05) is 57.9 Å². The number of aryl methyl sites for hydroxylation is 1. The lowest BCUT2D eigenvalue weighted by molar-refractivity contribution is -0.0754. The fourth-order valence-electron chi connectivity index (χ4n) is 6.86. The first-order chi connectivity index (χ1) is 14.1. The van der Waals surface area contributed by atoms with Crippen molar-refractivity contribution in [3.8, 4) is 0 Å². The van der Waals surface area contributed by atoms with E-state index in [2.05, 4.69) is 44.6 Å². The molecule has 0 aliphatic heterocycles. The maximum absolute atomic E-state index is 12.9. The number of aliphatic hydroxyl groups is 1. The number of nitrogens with one attached hydrogen (secondary N) is 1. The van der Waals surface area contributed by atoms with Crippen molar-refractivity contribution in [1.82, 2.24) is 4.83 Å². The number of benzene rings is 1. The maximum Gasteiger partial charge on any atom is 0.276 e. The molecule has 6 heteroatoms. The van der Waals surface area contributed by atoms with Crippen LogP contribution in [0, 0.1) is 23.2 Å². The molecule has 3 aliphatic rings. The molecule has 31 heavy (non-hydrogen) atoms. The Bertz CT molecular complexity index is 1070. The number of hydrazone groups is 1. The zero-order valence-corrected chi connectivity index (χ0v) is 20.5. The van der Waals surface area contributed by atoms with E-state index in [1.807, 2.05) is 6.92 Å². The van der Waals surface area contributed by atoms with Crippen LogP contribution >= 0.6 is 0 Å². The molecule has 0 amide bonds. The quantitative estimate of drug-likeness (QED) is 0.637. The average Bonchev–Trinajstić information content (AvgIpc) is 2.55. The Balaban J connectivity index is 1.76. The minimum absolute atomic E-state index is 0.0269. The summed E-state index contributed by atoms with van der Waals surface area (Å²) in [5.41, 5.74) is 2.98. The lowest BCUT2D eigenvalue weighted by atomic mass is 9.49. The highest BCUT2D eigenvalue weighted by Gasteiger charge is 2.56. The van der Waals surface area contributed by atoms with Gasteiger partial charge < -0.3 is 5.11 Å². The molecule has 4 rings (SSSR count). The second-order valence-corrected chi connectivity index (χ2v) is 13.8. The largest absolute Gasteiger partial charge is 0.385 e. The van der Waals surface area contributed by atoms with Crippen LogP contribution in [0.3, 0.4) is 0 Å². The molecule has 0 unspecified atom stereocenters. The third-order valence-corrected chi connectivity index (χ3v) is 8.34. The summed E-state index contributed by atoms with van der Waals surface area (Å²) in [5, 5.41) is 16.4. The Morgan fingerprint density at radius 3 is 2.19 bits per heavy atom. The van der Waals surface area contributed by atoms with Gasteiger partial charge in [0.2, 0.25) is 0 Å². The minimum Gasteiger partial charge on any atom is -0.385 e. The second-order valence-electron chi connectivity index (χ2n) is 12.2. The fourth-order valence-corrected chi connectivity index (χ4v) is 7.69. The highest BCUT2D eigenvalue weighted by molar-refractivity contribution is 7.89. The lowest BCUT2D eigenvalue weighted by Gasteiger charge is -2.57. The first kappa shape index (κ1) is 22.5. The predicted molar refractivity (Wildman–Crippen MR) is 124 cm³/mol. The van der Waals surface area contributed by atoms with Crippen LogP contribution in [0.4, 0.5) is 0 Å². The summed E-state index contributed by atoms with van der Waals surface area (Å²) in [4.78, 5) is 2.67. The summed E-state index contributed by atoms with van der Waals surface area (Å²) in [6.45, 7) is 13.1. The van der Waals surface area contributed by atoms with E-state index in [9.17, 15) is 13.5 Å². The van der Waals surface area contributed by atoms with E-state index in [-0.39, 0.29) is 21.1 Å². The van der Waals surface area contributed by atoms with E-state index in [4.69, 9.17) is 0 Å². The molecule has 1 aromatic rings. The summed E-state index contributed by atoms with van der Waals surface area (Å²) in [6.07, 6.45) is 4.99. The van der Waals surface area contributed by atoms with Crippen LogP contribution in [0.25, 0.3) is 0 Å². The van der Waals surface area contributed by atoms with Crippen molar-refractivity contribution in [2.24, 2.45) is 21.3 Å². The Labute approximate surface area is 187 Å². The van der Waals surface area contributed by atoms with Crippen LogP contribution in [0.15, 0.2) is 45.4 Å². The molecular formula is C25H36N2O3S. The van der Waals surface area contributed by atoms with Gasteiger partial charge in [0.15, 0.2) is 0 Å². The number of hydrogen-bond donors (Lipinski definition) is 2. The molecule has 0 radical (unpaired) electrons. The average molecular weight is 445 g/mol. The molecule has 0 aromatic heterocycles. The van der Waals surface area contributed by atoms with Gasteiger partial charge in [-0.3, -0.25) is 0 Å². The Hall–Kier alpha value is -1.66. The molecule has 2 atom stereocenters. The maximum atomic E-state index is 12.9. The molecule has 1 saturated carbocycles. The van der Waals surface area contributed by atoms with E-state index in [0.29, 0.717) is 25.0 Å². The first-order valence-electron chi connectivity index (χ1n) is 11.2. The highest BCUT2D eigenvalue weighted by Crippen LogP contribution is 2.61. The molecule has 0 heterocycles. The second kappa shape index (κ2) is 6.92. The van der Waals surface area contributed by atoms with Crippen molar-refractivity contribution in [2.45, 2.75) is 90.6 Å². The highest BCUT2D eigenvalue weighted by atomic mass is 32.2.